The summed E-state index contributed by atoms with van der Waals surface area (Å²) in [5.74, 6) is 0.470. The third-order valence-electron chi connectivity index (χ3n) is 6.47. The van der Waals surface area contributed by atoms with E-state index < -0.39 is 11.4 Å². The number of rotatable bonds is 4. The van der Waals surface area contributed by atoms with Gasteiger partial charge in [-0.2, -0.15) is 0 Å². The van der Waals surface area contributed by atoms with Crippen LogP contribution in [0.4, 0.5) is 9.18 Å². The molecule has 0 radical (unpaired) electrons. The van der Waals surface area contributed by atoms with Crippen LogP contribution in [0.5, 0.6) is 5.75 Å². The van der Waals surface area contributed by atoms with Gasteiger partial charge in [0.2, 0.25) is 0 Å². The quantitative estimate of drug-likeness (QED) is 0.402. The van der Waals surface area contributed by atoms with Gasteiger partial charge in [-0.1, -0.05) is 0 Å². The summed E-state index contributed by atoms with van der Waals surface area (Å²) in [6.45, 7) is 6.85. The number of hydrogen-bond acceptors (Lipinski definition) is 6. The molecule has 10 heteroatoms. The van der Waals surface area contributed by atoms with E-state index in [-0.39, 0.29) is 18.3 Å². The van der Waals surface area contributed by atoms with E-state index in [0.29, 0.717) is 43.2 Å². The number of hydrogen-bond donors (Lipinski definition) is 0. The molecule has 4 aromatic rings. The summed E-state index contributed by atoms with van der Waals surface area (Å²) in [4.78, 5) is 36.0. The van der Waals surface area contributed by atoms with Gasteiger partial charge in [-0.15, -0.1) is 0 Å². The Kier molecular flexibility index (Phi) is 6.64. The van der Waals surface area contributed by atoms with Gasteiger partial charge in [-0.25, -0.2) is 14.2 Å². The van der Waals surface area contributed by atoms with Crippen molar-refractivity contribution in [2.75, 3.05) is 13.1 Å². The highest BCUT2D eigenvalue weighted by atomic mass is 19.1. The first-order valence-electron chi connectivity index (χ1n) is 12.5. The highest BCUT2D eigenvalue weighted by molar-refractivity contribution is 5.83. The molecule has 0 atom stereocenters. The lowest BCUT2D eigenvalue weighted by atomic mass is 10.1. The molecule has 38 heavy (non-hydrogen) atoms. The topological polar surface area (TPSA) is 91.5 Å². The summed E-state index contributed by atoms with van der Waals surface area (Å²) < 4.78 is 27.8. The molecule has 5 heterocycles. The predicted molar refractivity (Wildman–Crippen MR) is 140 cm³/mol. The molecular weight excluding hydrogens is 489 g/mol. The van der Waals surface area contributed by atoms with Crippen molar-refractivity contribution in [1.82, 2.24) is 24.0 Å². The van der Waals surface area contributed by atoms with Gasteiger partial charge >= 0.3 is 6.09 Å². The van der Waals surface area contributed by atoms with Crippen molar-refractivity contribution in [2.24, 2.45) is 7.05 Å². The number of carbonyl (C=O) groups is 1. The normalized spacial score (nSPS) is 13.8. The Balaban J connectivity index is 1.35. The average molecular weight is 520 g/mol. The van der Waals surface area contributed by atoms with Gasteiger partial charge in [0, 0.05) is 49.9 Å². The van der Waals surface area contributed by atoms with Crippen LogP contribution in [0.1, 0.15) is 37.7 Å². The van der Waals surface area contributed by atoms with E-state index >= 15 is 0 Å². The lowest BCUT2D eigenvalue weighted by Gasteiger charge is -2.26. The van der Waals surface area contributed by atoms with Crippen molar-refractivity contribution in [3.63, 3.8) is 0 Å². The Morgan fingerprint density at radius 1 is 1.11 bits per heavy atom. The zero-order valence-electron chi connectivity index (χ0n) is 21.9. The van der Waals surface area contributed by atoms with Crippen LogP contribution < -0.4 is 10.3 Å². The Hall–Kier alpha value is -4.21. The second-order valence-electron chi connectivity index (χ2n) is 10.3. The zero-order valence-corrected chi connectivity index (χ0v) is 21.9. The minimum Gasteiger partial charge on any atom is -0.487 e. The standard InChI is InChI=1S/C28H30FN5O4/c1-28(2,3)38-27(36)33-12-10-21-22-7-8-24(31-26(22)32(4)23(21)11-13-33)34-14-9-20(15-25(34)35)37-17-19-6-5-18(29)16-30-19/h5-9,14-16H,10-13,17H2,1-4H3. The molecule has 198 valence electrons. The van der Waals surface area contributed by atoms with Crippen LogP contribution in [0.25, 0.3) is 16.9 Å². The van der Waals surface area contributed by atoms with E-state index in [0.717, 1.165) is 28.5 Å². The molecule has 1 aliphatic heterocycles. The summed E-state index contributed by atoms with van der Waals surface area (Å²) in [6, 6.07) is 9.72. The van der Waals surface area contributed by atoms with Gasteiger partial charge in [-0.3, -0.25) is 14.3 Å². The average Bonchev–Trinajstić information content (AvgIpc) is 3.00. The highest BCUT2D eigenvalue weighted by Gasteiger charge is 2.27. The third-order valence-corrected chi connectivity index (χ3v) is 6.47. The summed E-state index contributed by atoms with van der Waals surface area (Å²) in [5, 5.41) is 1.01. The number of aromatic nitrogens is 4. The number of amides is 1. The highest BCUT2D eigenvalue weighted by Crippen LogP contribution is 2.28. The van der Waals surface area contributed by atoms with Gasteiger partial charge in [0.25, 0.3) is 5.56 Å². The van der Waals surface area contributed by atoms with Crippen molar-refractivity contribution in [3.05, 3.63) is 81.9 Å². The molecule has 0 aromatic carbocycles. The van der Waals surface area contributed by atoms with Crippen molar-refractivity contribution in [1.29, 1.82) is 0 Å². The molecule has 0 unspecified atom stereocenters. The van der Waals surface area contributed by atoms with Crippen molar-refractivity contribution in [2.45, 2.75) is 45.8 Å². The summed E-state index contributed by atoms with van der Waals surface area (Å²) in [6.07, 6.45) is 3.83. The summed E-state index contributed by atoms with van der Waals surface area (Å²) in [7, 11) is 1.96. The molecule has 0 saturated carbocycles. The third kappa shape index (κ3) is 5.25. The Labute approximate surface area is 219 Å². The van der Waals surface area contributed by atoms with Crippen LogP contribution in [0.2, 0.25) is 0 Å². The van der Waals surface area contributed by atoms with E-state index in [1.807, 2.05) is 44.5 Å². The van der Waals surface area contributed by atoms with Crippen LogP contribution in [-0.2, 0) is 31.2 Å². The minimum atomic E-state index is -0.536. The zero-order chi connectivity index (χ0) is 27.0. The first kappa shape index (κ1) is 25.4. The van der Waals surface area contributed by atoms with Crippen LogP contribution in [0.15, 0.2) is 53.6 Å². The number of pyridine rings is 3. The molecule has 0 bridgehead atoms. The number of aryl methyl sites for hydroxylation is 1. The monoisotopic (exact) mass is 519 g/mol. The van der Waals surface area contributed by atoms with Crippen LogP contribution in [-0.4, -0.2) is 48.8 Å². The molecule has 1 aliphatic rings. The van der Waals surface area contributed by atoms with Gasteiger partial charge in [-0.05, 0) is 63.1 Å². The second kappa shape index (κ2) is 9.92. The smallest absolute Gasteiger partial charge is 0.410 e. The number of ether oxygens (including phenoxy) is 2. The van der Waals surface area contributed by atoms with Gasteiger partial charge in [0.1, 0.15) is 35.2 Å². The molecule has 0 spiro atoms. The number of nitrogens with zero attached hydrogens (tertiary/aromatic N) is 5. The fraction of sp³-hybridized carbons (Fsp3) is 0.357. The lowest BCUT2D eigenvalue weighted by Crippen LogP contribution is -2.38. The van der Waals surface area contributed by atoms with Crippen molar-refractivity contribution < 1.29 is 18.7 Å². The molecular formula is C28H30FN5O4. The minimum absolute atomic E-state index is 0.119. The van der Waals surface area contributed by atoms with Gasteiger partial charge < -0.3 is 18.9 Å². The fourth-order valence-electron chi connectivity index (χ4n) is 4.64. The van der Waals surface area contributed by atoms with Crippen molar-refractivity contribution in [3.8, 4) is 11.6 Å². The van der Waals surface area contributed by atoms with E-state index in [2.05, 4.69) is 4.98 Å². The summed E-state index contributed by atoms with van der Waals surface area (Å²) in [5.41, 5.74) is 2.81. The molecule has 0 aliphatic carbocycles. The number of carbonyl (C=O) groups excluding carboxylic acids is 1. The lowest BCUT2D eigenvalue weighted by molar-refractivity contribution is 0.0258. The first-order valence-corrected chi connectivity index (χ1v) is 12.5. The number of halogens is 1. The molecule has 1 amide bonds. The van der Waals surface area contributed by atoms with Gasteiger partial charge in [0.05, 0.1) is 11.9 Å². The van der Waals surface area contributed by atoms with E-state index in [4.69, 9.17) is 14.5 Å². The first-order chi connectivity index (χ1) is 18.1. The Morgan fingerprint density at radius 2 is 1.89 bits per heavy atom. The van der Waals surface area contributed by atoms with Crippen LogP contribution in [0.3, 0.4) is 0 Å². The van der Waals surface area contributed by atoms with Crippen LogP contribution >= 0.6 is 0 Å². The largest absolute Gasteiger partial charge is 0.487 e. The van der Waals surface area contributed by atoms with Gasteiger partial charge in [0.15, 0.2) is 0 Å². The molecule has 5 rings (SSSR count). The van der Waals surface area contributed by atoms with E-state index in [9.17, 15) is 14.0 Å². The summed E-state index contributed by atoms with van der Waals surface area (Å²) >= 11 is 0. The van der Waals surface area contributed by atoms with Crippen LogP contribution in [0, 0.1) is 5.82 Å². The maximum Gasteiger partial charge on any atom is 0.410 e. The van der Waals surface area contributed by atoms with Crippen molar-refractivity contribution >= 4 is 17.1 Å². The fourth-order valence-corrected chi connectivity index (χ4v) is 4.64. The van der Waals surface area contributed by atoms with E-state index in [1.54, 1.807) is 17.2 Å². The maximum absolute atomic E-state index is 13.0. The maximum atomic E-state index is 13.0. The molecule has 0 N–H and O–H groups in total. The molecule has 4 aromatic heterocycles. The van der Waals surface area contributed by atoms with E-state index in [1.165, 1.54) is 22.8 Å². The SMILES string of the molecule is Cn1c2c(c3ccc(-n4ccc(OCc5ccc(F)cn5)cc4=O)nc31)CCN(C(=O)OC(C)(C)C)CC2. The Bertz CT molecular complexity index is 1550. The molecule has 0 fully saturated rings. The molecule has 9 nitrogen and oxygen atoms in total. The Morgan fingerprint density at radius 3 is 2.61 bits per heavy atom. The second-order valence-corrected chi connectivity index (χ2v) is 10.3. The number of fused-ring (bicyclic) bond motifs is 3. The predicted octanol–water partition coefficient (Wildman–Crippen LogP) is 4.17. The molecule has 0 saturated heterocycles.